The molecule has 0 aliphatic carbocycles. The number of benzene rings is 3. The molecular formula is C25H25NO3S. The van der Waals surface area contributed by atoms with E-state index in [9.17, 15) is 13.2 Å². The fourth-order valence-corrected chi connectivity index (χ4v) is 6.52. The van der Waals surface area contributed by atoms with Gasteiger partial charge in [-0.1, -0.05) is 78.9 Å². The Hall–Kier alpha value is -2.92. The van der Waals surface area contributed by atoms with Gasteiger partial charge in [0.15, 0.2) is 5.78 Å². The number of hydrogen-bond acceptors (Lipinski definition) is 3. The maximum Gasteiger partial charge on any atom is 0.238 e. The van der Waals surface area contributed by atoms with Crippen molar-refractivity contribution < 1.29 is 13.2 Å². The van der Waals surface area contributed by atoms with Gasteiger partial charge in [0.25, 0.3) is 0 Å². The van der Waals surface area contributed by atoms with Gasteiger partial charge in [-0.3, -0.25) is 9.10 Å². The number of ketones is 1. The molecule has 154 valence electrons. The Morgan fingerprint density at radius 2 is 1.43 bits per heavy atom. The first-order chi connectivity index (χ1) is 14.6. The summed E-state index contributed by atoms with van der Waals surface area (Å²) in [6.07, 6.45) is 1.48. The molecule has 1 aliphatic rings. The van der Waals surface area contributed by atoms with Crippen molar-refractivity contribution in [1.82, 2.24) is 0 Å². The highest BCUT2D eigenvalue weighted by Gasteiger charge is 2.42. The normalized spacial score (nSPS) is 19.2. The Balaban J connectivity index is 1.70. The molecule has 0 unspecified atom stereocenters. The SMILES string of the molecule is O=C(C[C@@H](c1ccccc1)[C@H]1CCCN(c2ccccc2)S1(=O)=O)c1ccccc1. The van der Waals surface area contributed by atoms with Crippen LogP contribution in [0.5, 0.6) is 0 Å². The number of para-hydroxylation sites is 1. The van der Waals surface area contributed by atoms with Crippen LogP contribution >= 0.6 is 0 Å². The quantitative estimate of drug-likeness (QED) is 0.526. The molecule has 1 heterocycles. The largest absolute Gasteiger partial charge is 0.294 e. The van der Waals surface area contributed by atoms with Crippen molar-refractivity contribution >= 4 is 21.5 Å². The number of Topliss-reactive ketones (excluding diaryl/α,β-unsaturated/α-hetero) is 1. The number of rotatable bonds is 6. The zero-order valence-electron chi connectivity index (χ0n) is 16.7. The van der Waals surface area contributed by atoms with Crippen LogP contribution in [0, 0.1) is 0 Å². The molecule has 0 N–H and O–H groups in total. The number of sulfonamides is 1. The van der Waals surface area contributed by atoms with Gasteiger partial charge >= 0.3 is 0 Å². The molecule has 5 heteroatoms. The lowest BCUT2D eigenvalue weighted by Crippen LogP contribution is -2.46. The Labute approximate surface area is 178 Å². The minimum Gasteiger partial charge on any atom is -0.294 e. The van der Waals surface area contributed by atoms with Crippen LogP contribution in [-0.2, 0) is 10.0 Å². The van der Waals surface area contributed by atoms with Crippen LogP contribution in [0.15, 0.2) is 91.0 Å². The van der Waals surface area contributed by atoms with Gasteiger partial charge in [0, 0.05) is 24.4 Å². The van der Waals surface area contributed by atoms with Crippen molar-refractivity contribution in [3.63, 3.8) is 0 Å². The monoisotopic (exact) mass is 419 g/mol. The molecule has 0 aromatic heterocycles. The van der Waals surface area contributed by atoms with Gasteiger partial charge < -0.3 is 0 Å². The van der Waals surface area contributed by atoms with Crippen LogP contribution in [0.3, 0.4) is 0 Å². The lowest BCUT2D eigenvalue weighted by atomic mass is 9.87. The zero-order valence-corrected chi connectivity index (χ0v) is 17.5. The van der Waals surface area contributed by atoms with E-state index < -0.39 is 21.2 Å². The second kappa shape index (κ2) is 8.84. The molecule has 1 saturated heterocycles. The molecule has 1 fully saturated rings. The molecule has 0 amide bonds. The summed E-state index contributed by atoms with van der Waals surface area (Å²) >= 11 is 0. The van der Waals surface area contributed by atoms with Crippen molar-refractivity contribution in [1.29, 1.82) is 0 Å². The van der Waals surface area contributed by atoms with E-state index in [0.717, 1.165) is 12.0 Å². The predicted octanol–water partition coefficient (Wildman–Crippen LogP) is 5.04. The first-order valence-corrected chi connectivity index (χ1v) is 11.8. The average Bonchev–Trinajstić information content (AvgIpc) is 2.79. The molecule has 0 radical (unpaired) electrons. The third-order valence-electron chi connectivity index (χ3n) is 5.76. The molecule has 1 aliphatic heterocycles. The van der Waals surface area contributed by atoms with Gasteiger partial charge in [-0.25, -0.2) is 8.42 Å². The maximum absolute atomic E-state index is 13.7. The fourth-order valence-electron chi connectivity index (χ4n) is 4.26. The number of hydrogen-bond donors (Lipinski definition) is 0. The molecule has 2 atom stereocenters. The third-order valence-corrected chi connectivity index (χ3v) is 8.10. The summed E-state index contributed by atoms with van der Waals surface area (Å²) in [4.78, 5) is 13.0. The molecule has 4 nitrogen and oxygen atoms in total. The summed E-state index contributed by atoms with van der Waals surface area (Å²) in [6.45, 7) is 0.469. The van der Waals surface area contributed by atoms with Crippen LogP contribution in [-0.4, -0.2) is 26.0 Å². The van der Waals surface area contributed by atoms with Crippen molar-refractivity contribution in [2.24, 2.45) is 0 Å². The molecule has 0 saturated carbocycles. The van der Waals surface area contributed by atoms with Crippen LogP contribution in [0.1, 0.15) is 41.1 Å². The maximum atomic E-state index is 13.7. The van der Waals surface area contributed by atoms with Crippen LogP contribution < -0.4 is 4.31 Å². The first-order valence-electron chi connectivity index (χ1n) is 10.3. The van der Waals surface area contributed by atoms with Crippen molar-refractivity contribution in [2.45, 2.75) is 30.4 Å². The summed E-state index contributed by atoms with van der Waals surface area (Å²) < 4.78 is 28.8. The second-order valence-electron chi connectivity index (χ2n) is 7.64. The van der Waals surface area contributed by atoms with E-state index in [1.54, 1.807) is 12.1 Å². The van der Waals surface area contributed by atoms with Gasteiger partial charge in [0.1, 0.15) is 0 Å². The lowest BCUT2D eigenvalue weighted by Gasteiger charge is -2.37. The highest BCUT2D eigenvalue weighted by Crippen LogP contribution is 2.38. The minimum atomic E-state index is -3.61. The van der Waals surface area contributed by atoms with Gasteiger partial charge in [-0.2, -0.15) is 0 Å². The van der Waals surface area contributed by atoms with Crippen LogP contribution in [0.25, 0.3) is 0 Å². The van der Waals surface area contributed by atoms with E-state index in [-0.39, 0.29) is 12.2 Å². The smallest absolute Gasteiger partial charge is 0.238 e. The summed E-state index contributed by atoms with van der Waals surface area (Å²) in [5.41, 5.74) is 2.19. The van der Waals surface area contributed by atoms with Gasteiger partial charge in [-0.15, -0.1) is 0 Å². The second-order valence-corrected chi connectivity index (χ2v) is 9.72. The number of nitrogens with zero attached hydrogens (tertiary/aromatic N) is 1. The number of carbonyl (C=O) groups excluding carboxylic acids is 1. The molecular weight excluding hydrogens is 394 g/mol. The summed E-state index contributed by atoms with van der Waals surface area (Å²) in [5, 5.41) is -0.637. The number of carbonyl (C=O) groups is 1. The van der Waals surface area contributed by atoms with E-state index >= 15 is 0 Å². The number of anilines is 1. The van der Waals surface area contributed by atoms with Crippen molar-refractivity contribution in [3.8, 4) is 0 Å². The minimum absolute atomic E-state index is 0.0310. The molecule has 4 rings (SSSR count). The van der Waals surface area contributed by atoms with Gasteiger partial charge in [0.2, 0.25) is 10.0 Å². The molecule has 30 heavy (non-hydrogen) atoms. The van der Waals surface area contributed by atoms with Crippen molar-refractivity contribution in [3.05, 3.63) is 102 Å². The van der Waals surface area contributed by atoms with E-state index in [0.29, 0.717) is 24.2 Å². The van der Waals surface area contributed by atoms with Crippen LogP contribution in [0.2, 0.25) is 0 Å². The van der Waals surface area contributed by atoms with Crippen LogP contribution in [0.4, 0.5) is 5.69 Å². The Morgan fingerprint density at radius 1 is 0.867 bits per heavy atom. The lowest BCUT2D eigenvalue weighted by molar-refractivity contribution is 0.0972. The van der Waals surface area contributed by atoms with Gasteiger partial charge in [-0.05, 0) is 30.5 Å². The predicted molar refractivity (Wildman–Crippen MR) is 120 cm³/mol. The molecule has 0 bridgehead atoms. The van der Waals surface area contributed by atoms with E-state index in [1.807, 2.05) is 78.9 Å². The summed E-state index contributed by atoms with van der Waals surface area (Å²) in [5.74, 6) is -0.424. The standard InChI is InChI=1S/C25H25NO3S/c27-24(21-13-6-2-7-14-21)19-23(20-11-4-1-5-12-20)25-17-10-18-26(30(25,28)29)22-15-8-3-9-16-22/h1-9,11-16,23,25H,10,17-19H2/t23-,25+/m0/s1. The topological polar surface area (TPSA) is 54.5 Å². The van der Waals surface area contributed by atoms with Gasteiger partial charge in [0.05, 0.1) is 10.9 Å². The molecule has 0 spiro atoms. The average molecular weight is 420 g/mol. The highest BCUT2D eigenvalue weighted by molar-refractivity contribution is 7.93. The Kier molecular flexibility index (Phi) is 6.00. The Bertz CT molecular complexity index is 1080. The summed E-state index contributed by atoms with van der Waals surface area (Å²) in [6, 6.07) is 27.9. The summed E-state index contributed by atoms with van der Waals surface area (Å²) in [7, 11) is -3.61. The third kappa shape index (κ3) is 4.17. The first kappa shape index (κ1) is 20.4. The molecule has 3 aromatic carbocycles. The van der Waals surface area contributed by atoms with E-state index in [1.165, 1.54) is 4.31 Å². The highest BCUT2D eigenvalue weighted by atomic mass is 32.2. The Morgan fingerprint density at radius 3 is 2.07 bits per heavy atom. The fraction of sp³-hybridized carbons (Fsp3) is 0.240. The van der Waals surface area contributed by atoms with E-state index in [4.69, 9.17) is 0 Å². The van der Waals surface area contributed by atoms with E-state index in [2.05, 4.69) is 0 Å². The van der Waals surface area contributed by atoms with Crippen molar-refractivity contribution in [2.75, 3.05) is 10.8 Å². The molecule has 3 aromatic rings. The zero-order chi connectivity index (χ0) is 21.0.